The number of carbonyl (C=O) groups excluding carboxylic acids is 3. The summed E-state index contributed by atoms with van der Waals surface area (Å²) in [6, 6.07) is 12.8. The molecule has 6 rings (SSSR count). The van der Waals surface area contributed by atoms with Crippen molar-refractivity contribution in [2.45, 2.75) is 35.1 Å². The molecule has 4 aromatic rings. The topological polar surface area (TPSA) is 88.5 Å². The van der Waals surface area contributed by atoms with Gasteiger partial charge in [0.15, 0.2) is 0 Å². The average Bonchev–Trinajstić information content (AvgIpc) is 3.43. The quantitative estimate of drug-likeness (QED) is 0.192. The molecule has 238 valence electrons. The number of amides is 3. The summed E-state index contributed by atoms with van der Waals surface area (Å²) in [5.74, 6) is -5.80. The van der Waals surface area contributed by atoms with Crippen LogP contribution in [0.15, 0.2) is 82.6 Å². The highest BCUT2D eigenvalue weighted by Crippen LogP contribution is 2.54. The van der Waals surface area contributed by atoms with Gasteiger partial charge in [0, 0.05) is 16.5 Å². The minimum atomic E-state index is -4.90. The number of rotatable bonds is 5. The van der Waals surface area contributed by atoms with Gasteiger partial charge in [0.1, 0.15) is 17.6 Å². The third-order valence-electron chi connectivity index (χ3n) is 7.50. The molecule has 1 N–H and O–H groups in total. The Bertz CT molecular complexity index is 1940. The van der Waals surface area contributed by atoms with Crippen molar-refractivity contribution in [2.24, 2.45) is 5.92 Å². The number of imide groups is 1. The number of thioether (sulfide) groups is 1. The summed E-state index contributed by atoms with van der Waals surface area (Å²) in [4.78, 5) is 53.8. The number of halogens is 7. The third kappa shape index (κ3) is 5.59. The molecule has 0 saturated carbocycles. The zero-order valence-electron chi connectivity index (χ0n) is 22.9. The van der Waals surface area contributed by atoms with Crippen molar-refractivity contribution >= 4 is 52.2 Å². The van der Waals surface area contributed by atoms with Crippen molar-refractivity contribution in [2.75, 3.05) is 10.2 Å². The van der Waals surface area contributed by atoms with Crippen LogP contribution in [0.1, 0.15) is 27.5 Å². The molecule has 3 heterocycles. The van der Waals surface area contributed by atoms with Crippen LogP contribution in [-0.2, 0) is 33.3 Å². The van der Waals surface area contributed by atoms with Crippen LogP contribution < -0.4 is 15.1 Å². The van der Waals surface area contributed by atoms with Crippen LogP contribution in [0.4, 0.5) is 42.1 Å². The highest BCUT2D eigenvalue weighted by Gasteiger charge is 2.57. The first-order valence-electron chi connectivity index (χ1n) is 13.3. The molecule has 3 aromatic carbocycles. The largest absolute Gasteiger partial charge is 0.418 e. The van der Waals surface area contributed by atoms with Crippen LogP contribution in [0.5, 0.6) is 0 Å². The Balaban J connectivity index is 1.40. The van der Waals surface area contributed by atoms with Crippen molar-refractivity contribution in [1.29, 1.82) is 0 Å². The van der Waals surface area contributed by atoms with E-state index in [1.54, 1.807) is 0 Å². The number of carbonyl (C=O) groups is 3. The maximum absolute atomic E-state index is 13.9. The van der Waals surface area contributed by atoms with Crippen molar-refractivity contribution in [1.82, 2.24) is 4.57 Å². The highest BCUT2D eigenvalue weighted by atomic mass is 32.2. The number of nitrogens with one attached hydrogen (secondary N) is 1. The van der Waals surface area contributed by atoms with Gasteiger partial charge in [-0.3, -0.25) is 23.7 Å². The van der Waals surface area contributed by atoms with Crippen molar-refractivity contribution < 1.29 is 45.1 Å². The second-order valence-electron chi connectivity index (χ2n) is 10.4. The number of alkyl halides is 6. The number of hydrogen-bond acceptors (Lipinski definition) is 6. The number of thiazole rings is 1. The minimum absolute atomic E-state index is 0.0804. The highest BCUT2D eigenvalue weighted by molar-refractivity contribution is 8.00. The van der Waals surface area contributed by atoms with Crippen molar-refractivity contribution in [3.05, 3.63) is 110 Å². The summed E-state index contributed by atoms with van der Waals surface area (Å²) in [7, 11) is 0. The van der Waals surface area contributed by atoms with E-state index in [0.717, 1.165) is 58.8 Å². The number of benzene rings is 3. The normalized spacial score (nSPS) is 19.6. The van der Waals surface area contributed by atoms with Gasteiger partial charge in [0.2, 0.25) is 17.7 Å². The molecular weight excluding hydrogens is 663 g/mol. The van der Waals surface area contributed by atoms with Gasteiger partial charge in [0.25, 0.3) is 0 Å². The molecule has 2 aliphatic rings. The van der Waals surface area contributed by atoms with Gasteiger partial charge in [-0.2, -0.15) is 26.3 Å². The molecule has 3 unspecified atom stereocenters. The van der Waals surface area contributed by atoms with Crippen LogP contribution >= 0.6 is 23.1 Å². The smallest absolute Gasteiger partial charge is 0.325 e. The van der Waals surface area contributed by atoms with Gasteiger partial charge >= 0.3 is 17.2 Å². The van der Waals surface area contributed by atoms with Crippen LogP contribution in [-0.4, -0.2) is 27.5 Å². The van der Waals surface area contributed by atoms with E-state index in [9.17, 15) is 49.9 Å². The molecule has 0 aliphatic carbocycles. The van der Waals surface area contributed by atoms with E-state index in [4.69, 9.17) is 0 Å². The molecule has 16 heteroatoms. The molecule has 3 atom stereocenters. The molecule has 1 fully saturated rings. The first-order valence-corrected chi connectivity index (χ1v) is 15.0. The number of para-hydroxylation sites is 1. The second kappa shape index (κ2) is 11.4. The van der Waals surface area contributed by atoms with Crippen LogP contribution in [0, 0.1) is 11.7 Å². The Labute approximate surface area is 262 Å². The second-order valence-corrected chi connectivity index (χ2v) is 12.5. The van der Waals surface area contributed by atoms with E-state index in [1.807, 2.05) is 0 Å². The Morgan fingerprint density at radius 3 is 2.22 bits per heavy atom. The van der Waals surface area contributed by atoms with Crippen molar-refractivity contribution in [3.63, 3.8) is 0 Å². The third-order valence-corrected chi connectivity index (χ3v) is 10.1. The predicted octanol–water partition coefficient (Wildman–Crippen LogP) is 6.52. The SMILES string of the molecule is O=C(Cn1c2c(sc1=O)C(c1ccc(F)cc1)C1C(=O)N(c3ccccc3C(F)(F)F)C(=O)C1S2)Nc1cccc(C(F)(F)F)c1. The van der Waals surface area contributed by atoms with Gasteiger partial charge < -0.3 is 5.32 Å². The van der Waals surface area contributed by atoms with Crippen LogP contribution in [0.2, 0.25) is 0 Å². The Morgan fingerprint density at radius 1 is 0.848 bits per heavy atom. The van der Waals surface area contributed by atoms with Gasteiger partial charge in [-0.1, -0.05) is 53.4 Å². The number of anilines is 2. The Morgan fingerprint density at radius 2 is 1.54 bits per heavy atom. The van der Waals surface area contributed by atoms with Gasteiger partial charge in [-0.05, 0) is 48.0 Å². The zero-order chi connectivity index (χ0) is 33.1. The summed E-state index contributed by atoms with van der Waals surface area (Å²) in [5, 5.41) is 1.06. The van der Waals surface area contributed by atoms with E-state index >= 15 is 0 Å². The Kier molecular flexibility index (Phi) is 7.83. The lowest BCUT2D eigenvalue weighted by atomic mass is 9.83. The lowest BCUT2D eigenvalue weighted by molar-refractivity contribution is -0.138. The maximum atomic E-state index is 13.9. The number of aromatic nitrogens is 1. The van der Waals surface area contributed by atoms with E-state index < -0.39 is 81.2 Å². The lowest BCUT2D eigenvalue weighted by Crippen LogP contribution is -2.33. The molecule has 1 saturated heterocycles. The zero-order valence-corrected chi connectivity index (χ0v) is 24.5. The molecule has 0 radical (unpaired) electrons. The summed E-state index contributed by atoms with van der Waals surface area (Å²) >= 11 is 1.37. The summed E-state index contributed by atoms with van der Waals surface area (Å²) in [6.07, 6.45) is -9.58. The number of hydrogen-bond donors (Lipinski definition) is 1. The fraction of sp³-hybridized carbons (Fsp3) is 0.200. The molecule has 7 nitrogen and oxygen atoms in total. The molecular formula is C30H18F7N3O4S2. The molecule has 0 bridgehead atoms. The van der Waals surface area contributed by atoms with Gasteiger partial charge in [-0.15, -0.1) is 0 Å². The number of fused-ring (bicyclic) bond motifs is 2. The first-order chi connectivity index (χ1) is 21.6. The molecule has 3 amide bonds. The predicted molar refractivity (Wildman–Crippen MR) is 154 cm³/mol. The van der Waals surface area contributed by atoms with Gasteiger partial charge in [-0.25, -0.2) is 9.29 Å². The van der Waals surface area contributed by atoms with E-state index in [2.05, 4.69) is 5.32 Å². The lowest BCUT2D eigenvalue weighted by Gasteiger charge is -2.30. The summed E-state index contributed by atoms with van der Waals surface area (Å²) in [6.45, 7) is -0.690. The van der Waals surface area contributed by atoms with E-state index in [1.165, 1.54) is 24.3 Å². The summed E-state index contributed by atoms with van der Waals surface area (Å²) < 4.78 is 96.0. The minimum Gasteiger partial charge on any atom is -0.325 e. The van der Waals surface area contributed by atoms with Crippen LogP contribution in [0.3, 0.4) is 0 Å². The molecule has 46 heavy (non-hydrogen) atoms. The van der Waals surface area contributed by atoms with E-state index in [0.29, 0.717) is 27.9 Å². The average molecular weight is 682 g/mol. The number of nitrogens with zero attached hydrogens (tertiary/aromatic N) is 2. The van der Waals surface area contributed by atoms with Gasteiger partial charge in [0.05, 0.1) is 27.8 Å². The fourth-order valence-corrected chi connectivity index (χ4v) is 8.32. The monoisotopic (exact) mass is 681 g/mol. The Hall–Kier alpha value is -4.44. The molecule has 2 aliphatic heterocycles. The summed E-state index contributed by atoms with van der Waals surface area (Å²) in [5.41, 5.74) is -2.79. The molecule has 1 aromatic heterocycles. The van der Waals surface area contributed by atoms with Crippen LogP contribution in [0.25, 0.3) is 0 Å². The van der Waals surface area contributed by atoms with Crippen molar-refractivity contribution in [3.8, 4) is 0 Å². The molecule has 0 spiro atoms. The standard InChI is InChI=1S/C30H18F7N3O4S2/c31-16-10-8-14(9-11-16)21-22-23(26(43)40(25(22)42)19-7-2-1-6-18(19)30(35,36)37)45-27-24(21)46-28(44)39(27)13-20(41)38-17-5-3-4-15(12-17)29(32,33)34/h1-12,21-23H,13H2,(H,38,41). The maximum Gasteiger partial charge on any atom is 0.418 e. The van der Waals surface area contributed by atoms with E-state index in [-0.39, 0.29) is 15.6 Å². The first kappa shape index (κ1) is 31.5. The fourth-order valence-electron chi connectivity index (χ4n) is 5.55.